The van der Waals surface area contributed by atoms with Crippen LogP contribution < -0.4 is 9.47 Å². The Hall–Kier alpha value is -2.86. The predicted molar refractivity (Wildman–Crippen MR) is 115 cm³/mol. The second-order valence-corrected chi connectivity index (χ2v) is 8.63. The Morgan fingerprint density at radius 1 is 1.00 bits per heavy atom. The standard InChI is InChI=1S/C25H27NO5/c1-29-21-13-16-9-12-26-11-6-10-24(23(28)31-3)15-20(27)17-7-4-5-8-18(17)25(24,26)19(16)14-22(21)30-2/h4-5,7-8,13-14H,6,9-12,15H2,1-3H3/t24-,25+/m0/s1. The molecule has 2 aromatic carbocycles. The van der Waals surface area contributed by atoms with Crippen molar-refractivity contribution in [3.8, 4) is 11.5 Å². The fourth-order valence-electron chi connectivity index (χ4n) is 6.37. The van der Waals surface area contributed by atoms with Crippen LogP contribution in [0.25, 0.3) is 0 Å². The summed E-state index contributed by atoms with van der Waals surface area (Å²) in [7, 11) is 4.67. The predicted octanol–water partition coefficient (Wildman–Crippen LogP) is 3.35. The van der Waals surface area contributed by atoms with Gasteiger partial charge in [0, 0.05) is 18.5 Å². The Kier molecular flexibility index (Phi) is 4.59. The Bertz CT molecular complexity index is 1080. The molecule has 2 atom stereocenters. The molecular weight excluding hydrogens is 394 g/mol. The maximum atomic E-state index is 13.6. The molecular formula is C25H27NO5. The van der Waals surface area contributed by atoms with Crippen molar-refractivity contribution in [2.45, 2.75) is 31.2 Å². The molecule has 2 aromatic rings. The molecule has 1 aliphatic carbocycles. The summed E-state index contributed by atoms with van der Waals surface area (Å²) in [4.78, 5) is 29.3. The lowest BCUT2D eigenvalue weighted by Gasteiger charge is -2.62. The van der Waals surface area contributed by atoms with E-state index >= 15 is 0 Å². The van der Waals surface area contributed by atoms with Crippen molar-refractivity contribution in [1.82, 2.24) is 4.90 Å². The van der Waals surface area contributed by atoms with Crippen LogP contribution in [0.2, 0.25) is 0 Å². The largest absolute Gasteiger partial charge is 0.493 e. The topological polar surface area (TPSA) is 65.1 Å². The van der Waals surface area contributed by atoms with Crippen LogP contribution in [-0.4, -0.2) is 51.1 Å². The first kappa shape index (κ1) is 20.1. The van der Waals surface area contributed by atoms with E-state index in [2.05, 4.69) is 4.90 Å². The Morgan fingerprint density at radius 3 is 2.48 bits per heavy atom. The van der Waals surface area contributed by atoms with Gasteiger partial charge in [0.25, 0.3) is 0 Å². The summed E-state index contributed by atoms with van der Waals surface area (Å²) in [6, 6.07) is 11.8. The fourth-order valence-corrected chi connectivity index (χ4v) is 6.37. The molecule has 1 spiro atoms. The first-order valence-corrected chi connectivity index (χ1v) is 10.7. The minimum Gasteiger partial charge on any atom is -0.493 e. The van der Waals surface area contributed by atoms with Crippen molar-refractivity contribution in [2.75, 3.05) is 34.4 Å². The lowest BCUT2D eigenvalue weighted by atomic mass is 9.50. The first-order valence-electron chi connectivity index (χ1n) is 10.7. The van der Waals surface area contributed by atoms with Crippen LogP contribution in [0, 0.1) is 5.41 Å². The van der Waals surface area contributed by atoms with E-state index in [1.54, 1.807) is 14.2 Å². The number of carbonyl (C=O) groups excluding carboxylic acids is 2. The van der Waals surface area contributed by atoms with Gasteiger partial charge in [0.2, 0.25) is 0 Å². The number of benzene rings is 2. The van der Waals surface area contributed by atoms with Gasteiger partial charge in [-0.3, -0.25) is 14.5 Å². The van der Waals surface area contributed by atoms with Gasteiger partial charge in [-0.2, -0.15) is 0 Å². The summed E-state index contributed by atoms with van der Waals surface area (Å²) in [5, 5.41) is 0. The highest BCUT2D eigenvalue weighted by atomic mass is 16.5. The molecule has 6 nitrogen and oxygen atoms in total. The minimum atomic E-state index is -0.986. The molecule has 1 saturated heterocycles. The van der Waals surface area contributed by atoms with Gasteiger partial charge in [-0.05, 0) is 54.6 Å². The molecule has 2 aliphatic heterocycles. The smallest absolute Gasteiger partial charge is 0.314 e. The van der Waals surface area contributed by atoms with Crippen LogP contribution in [0.4, 0.5) is 0 Å². The molecule has 0 radical (unpaired) electrons. The lowest BCUT2D eigenvalue weighted by molar-refractivity contribution is -0.171. The van der Waals surface area contributed by atoms with Crippen LogP contribution in [0.15, 0.2) is 36.4 Å². The third kappa shape index (κ3) is 2.42. The maximum absolute atomic E-state index is 13.6. The number of hydrogen-bond donors (Lipinski definition) is 0. The molecule has 3 aliphatic rings. The van der Waals surface area contributed by atoms with Crippen LogP contribution in [0.3, 0.4) is 0 Å². The number of methoxy groups -OCH3 is 3. The van der Waals surface area contributed by atoms with E-state index in [1.807, 2.05) is 36.4 Å². The first-order chi connectivity index (χ1) is 15.0. The summed E-state index contributed by atoms with van der Waals surface area (Å²) in [6.45, 7) is 1.65. The van der Waals surface area contributed by atoms with Gasteiger partial charge < -0.3 is 14.2 Å². The van der Waals surface area contributed by atoms with Gasteiger partial charge in [-0.15, -0.1) is 0 Å². The SMILES string of the molecule is COC(=O)[C@@]12CCCN3CCc4cc(OC)c(OC)cc4[C@@]31c1ccccc1C(=O)C2. The highest BCUT2D eigenvalue weighted by Gasteiger charge is 2.68. The van der Waals surface area contributed by atoms with E-state index in [0.717, 1.165) is 42.6 Å². The minimum absolute atomic E-state index is 0.000996. The summed E-state index contributed by atoms with van der Waals surface area (Å²) in [5.74, 6) is 0.978. The highest BCUT2D eigenvalue weighted by Crippen LogP contribution is 2.63. The van der Waals surface area contributed by atoms with Gasteiger partial charge in [0.05, 0.1) is 26.9 Å². The Balaban J connectivity index is 1.93. The van der Waals surface area contributed by atoms with Crippen LogP contribution in [-0.2, 0) is 21.5 Å². The summed E-state index contributed by atoms with van der Waals surface area (Å²) in [5.41, 5.74) is 1.95. The summed E-state index contributed by atoms with van der Waals surface area (Å²) >= 11 is 0. The number of carbonyl (C=O) groups is 2. The molecule has 31 heavy (non-hydrogen) atoms. The number of esters is 1. The van der Waals surface area contributed by atoms with E-state index in [1.165, 1.54) is 7.11 Å². The van der Waals surface area contributed by atoms with Crippen molar-refractivity contribution in [3.63, 3.8) is 0 Å². The zero-order valence-corrected chi connectivity index (χ0v) is 18.2. The highest BCUT2D eigenvalue weighted by molar-refractivity contribution is 6.04. The van der Waals surface area contributed by atoms with Crippen molar-refractivity contribution < 1.29 is 23.8 Å². The van der Waals surface area contributed by atoms with Gasteiger partial charge in [-0.25, -0.2) is 0 Å². The molecule has 0 amide bonds. The van der Waals surface area contributed by atoms with Crippen LogP contribution >= 0.6 is 0 Å². The average Bonchev–Trinajstić information content (AvgIpc) is 2.81. The normalized spacial score (nSPS) is 26.7. The van der Waals surface area contributed by atoms with Crippen molar-refractivity contribution in [2.24, 2.45) is 5.41 Å². The molecule has 0 aromatic heterocycles. The Labute approximate surface area is 182 Å². The van der Waals surface area contributed by atoms with Crippen molar-refractivity contribution in [3.05, 3.63) is 58.7 Å². The molecule has 5 rings (SSSR count). The molecule has 0 N–H and O–H groups in total. The number of ketones is 1. The average molecular weight is 421 g/mol. The molecule has 1 fully saturated rings. The van der Waals surface area contributed by atoms with Crippen molar-refractivity contribution in [1.29, 1.82) is 0 Å². The number of nitrogens with zero attached hydrogens (tertiary/aromatic N) is 1. The number of Topliss-reactive ketones (excluding diaryl/α,β-unsaturated/α-hetero) is 1. The number of ether oxygens (including phenoxy) is 3. The van der Waals surface area contributed by atoms with Gasteiger partial charge in [-0.1, -0.05) is 24.3 Å². The molecule has 0 bridgehead atoms. The third-order valence-corrected chi connectivity index (χ3v) is 7.50. The second kappa shape index (κ2) is 7.09. The lowest BCUT2D eigenvalue weighted by Crippen LogP contribution is -2.69. The van der Waals surface area contributed by atoms with E-state index in [9.17, 15) is 9.59 Å². The molecule has 0 unspecified atom stereocenters. The molecule has 0 saturated carbocycles. The fraction of sp³-hybridized carbons (Fsp3) is 0.440. The molecule has 162 valence electrons. The number of rotatable bonds is 3. The number of hydrogen-bond acceptors (Lipinski definition) is 6. The number of fused-ring (bicyclic) bond motifs is 2. The summed E-state index contributed by atoms with van der Waals surface area (Å²) < 4.78 is 16.6. The molecule has 2 heterocycles. The van der Waals surface area contributed by atoms with Gasteiger partial charge >= 0.3 is 5.97 Å². The van der Waals surface area contributed by atoms with Gasteiger partial charge in [0.15, 0.2) is 17.3 Å². The third-order valence-electron chi connectivity index (χ3n) is 7.50. The molecule has 6 heteroatoms. The monoisotopic (exact) mass is 421 g/mol. The van der Waals surface area contributed by atoms with Gasteiger partial charge in [0.1, 0.15) is 5.41 Å². The van der Waals surface area contributed by atoms with E-state index in [0.29, 0.717) is 23.5 Å². The zero-order valence-electron chi connectivity index (χ0n) is 18.2. The summed E-state index contributed by atoms with van der Waals surface area (Å²) in [6.07, 6.45) is 2.42. The van der Waals surface area contributed by atoms with E-state index in [-0.39, 0.29) is 18.2 Å². The van der Waals surface area contributed by atoms with Crippen LogP contribution in [0.1, 0.15) is 46.3 Å². The quantitative estimate of drug-likeness (QED) is 0.709. The maximum Gasteiger partial charge on any atom is 0.314 e. The van der Waals surface area contributed by atoms with E-state index < -0.39 is 11.0 Å². The second-order valence-electron chi connectivity index (χ2n) is 8.63. The van der Waals surface area contributed by atoms with Crippen LogP contribution in [0.5, 0.6) is 11.5 Å². The van der Waals surface area contributed by atoms with E-state index in [4.69, 9.17) is 14.2 Å². The zero-order chi connectivity index (χ0) is 21.8. The number of piperidine rings is 1. The Morgan fingerprint density at radius 2 is 1.74 bits per heavy atom. The van der Waals surface area contributed by atoms with Crippen molar-refractivity contribution >= 4 is 11.8 Å².